The van der Waals surface area contributed by atoms with Gasteiger partial charge in [0, 0.05) is 36.1 Å². The second-order valence-electron chi connectivity index (χ2n) is 9.76. The van der Waals surface area contributed by atoms with Gasteiger partial charge in [-0.05, 0) is 48.1 Å². The molecular weight excluding hydrogens is 352 g/mol. The molecule has 2 aliphatic rings. The fraction of sp³-hybridized carbons (Fsp3) is 0.565. The lowest BCUT2D eigenvalue weighted by Gasteiger charge is -2.39. The Morgan fingerprint density at radius 1 is 1.21 bits per heavy atom. The van der Waals surface area contributed by atoms with Crippen LogP contribution in [-0.2, 0) is 20.7 Å². The molecule has 1 saturated heterocycles. The van der Waals surface area contributed by atoms with E-state index in [2.05, 4.69) is 25.8 Å². The van der Waals surface area contributed by atoms with Gasteiger partial charge in [0.05, 0.1) is 0 Å². The predicted octanol–water partition coefficient (Wildman–Crippen LogP) is 4.07. The molecule has 0 radical (unpaired) electrons. The maximum atomic E-state index is 12.7. The number of benzene rings is 1. The van der Waals surface area contributed by atoms with Crippen LogP contribution in [0.5, 0.6) is 0 Å². The van der Waals surface area contributed by atoms with E-state index in [1.54, 1.807) is 0 Å². The van der Waals surface area contributed by atoms with Crippen LogP contribution in [0.25, 0.3) is 10.9 Å². The van der Waals surface area contributed by atoms with Crippen molar-refractivity contribution in [2.75, 3.05) is 13.2 Å². The van der Waals surface area contributed by atoms with Crippen LogP contribution in [0, 0.1) is 10.8 Å². The summed E-state index contributed by atoms with van der Waals surface area (Å²) >= 11 is 0. The van der Waals surface area contributed by atoms with E-state index in [-0.39, 0.29) is 41.8 Å². The summed E-state index contributed by atoms with van der Waals surface area (Å²) in [5, 5.41) is 1.13. The number of aromatic nitrogens is 1. The lowest BCUT2D eigenvalue weighted by molar-refractivity contribution is -0.152. The molecule has 2 bridgehead atoms. The topological polar surface area (TPSA) is 62.4 Å². The third-order valence-corrected chi connectivity index (χ3v) is 6.37. The van der Waals surface area contributed by atoms with Crippen LogP contribution in [0.2, 0.25) is 0 Å². The molecule has 1 N–H and O–H groups in total. The fourth-order valence-corrected chi connectivity index (χ4v) is 5.62. The molecule has 28 heavy (non-hydrogen) atoms. The average Bonchev–Trinajstić information content (AvgIpc) is 3.15. The van der Waals surface area contributed by atoms with Crippen molar-refractivity contribution in [3.8, 4) is 0 Å². The summed E-state index contributed by atoms with van der Waals surface area (Å²) in [5.41, 5.74) is 2.63. The van der Waals surface area contributed by atoms with Crippen LogP contribution in [0.15, 0.2) is 30.5 Å². The number of esters is 1. The van der Waals surface area contributed by atoms with Gasteiger partial charge in [0.2, 0.25) is 0 Å². The SMILES string of the molecule is CC1(C)C[C@@H]2C[C@@](C)(CN2C(=O)COC(=O)CCc2c[nH]c3ccccc23)C1. The normalized spacial score (nSPS) is 25.8. The minimum absolute atomic E-state index is 0.0492. The second-order valence-corrected chi connectivity index (χ2v) is 9.76. The number of aromatic amines is 1. The summed E-state index contributed by atoms with van der Waals surface area (Å²) in [6.45, 7) is 7.50. The fourth-order valence-electron chi connectivity index (χ4n) is 5.62. The highest BCUT2D eigenvalue weighted by Crippen LogP contribution is 2.52. The van der Waals surface area contributed by atoms with Gasteiger partial charge in [0.25, 0.3) is 5.91 Å². The minimum atomic E-state index is -0.313. The zero-order chi connectivity index (χ0) is 19.9. The molecule has 0 spiro atoms. The molecule has 0 unspecified atom stereocenters. The number of amides is 1. The third kappa shape index (κ3) is 3.80. The number of fused-ring (bicyclic) bond motifs is 3. The Bertz CT molecular complexity index is 900. The largest absolute Gasteiger partial charge is 0.456 e. The van der Waals surface area contributed by atoms with Crippen LogP contribution in [0.3, 0.4) is 0 Å². The molecule has 1 aliphatic carbocycles. The van der Waals surface area contributed by atoms with Gasteiger partial charge in [-0.2, -0.15) is 0 Å². The maximum absolute atomic E-state index is 12.7. The van der Waals surface area contributed by atoms with Crippen LogP contribution in [0.4, 0.5) is 0 Å². The van der Waals surface area contributed by atoms with E-state index in [1.165, 1.54) is 0 Å². The standard InChI is InChI=1S/C23H30N2O3/c1-22(2)10-17-11-23(3,14-22)15-25(17)20(26)13-28-21(27)9-8-16-12-24-19-7-5-4-6-18(16)19/h4-7,12,17,24H,8-11,13-15H2,1-3H3/t17-,23-/m1/s1. The van der Waals surface area contributed by atoms with E-state index in [9.17, 15) is 9.59 Å². The first kappa shape index (κ1) is 19.0. The van der Waals surface area contributed by atoms with Gasteiger partial charge < -0.3 is 14.6 Å². The van der Waals surface area contributed by atoms with E-state index < -0.39 is 0 Å². The molecule has 1 amide bonds. The molecule has 150 valence electrons. The van der Waals surface area contributed by atoms with E-state index in [1.807, 2.05) is 35.4 Å². The lowest BCUT2D eigenvalue weighted by atomic mass is 9.65. The Balaban J connectivity index is 1.29. The van der Waals surface area contributed by atoms with Crippen molar-refractivity contribution in [2.24, 2.45) is 10.8 Å². The molecule has 2 fully saturated rings. The molecule has 4 rings (SSSR count). The molecular formula is C23H30N2O3. The Morgan fingerprint density at radius 2 is 2.00 bits per heavy atom. The smallest absolute Gasteiger partial charge is 0.306 e. The Labute approximate surface area is 166 Å². The molecule has 1 saturated carbocycles. The number of likely N-dealkylation sites (tertiary alicyclic amines) is 1. The first-order chi connectivity index (χ1) is 13.2. The Kier molecular flexibility index (Phi) is 4.72. The maximum Gasteiger partial charge on any atom is 0.306 e. The van der Waals surface area contributed by atoms with Crippen LogP contribution >= 0.6 is 0 Å². The van der Waals surface area contributed by atoms with Crippen LogP contribution < -0.4 is 0 Å². The highest BCUT2D eigenvalue weighted by Gasteiger charge is 2.50. The molecule has 2 aromatic rings. The Hall–Kier alpha value is -2.30. The summed E-state index contributed by atoms with van der Waals surface area (Å²) in [7, 11) is 0. The number of carbonyl (C=O) groups excluding carboxylic acids is 2. The molecule has 5 nitrogen and oxygen atoms in total. The van der Waals surface area contributed by atoms with Gasteiger partial charge in [-0.15, -0.1) is 0 Å². The van der Waals surface area contributed by atoms with Gasteiger partial charge in [0.15, 0.2) is 6.61 Å². The number of hydrogen-bond donors (Lipinski definition) is 1. The van der Waals surface area contributed by atoms with Crippen molar-refractivity contribution >= 4 is 22.8 Å². The van der Waals surface area contributed by atoms with Crippen molar-refractivity contribution in [3.63, 3.8) is 0 Å². The van der Waals surface area contributed by atoms with Crippen molar-refractivity contribution < 1.29 is 14.3 Å². The van der Waals surface area contributed by atoms with Gasteiger partial charge in [-0.25, -0.2) is 0 Å². The van der Waals surface area contributed by atoms with Crippen LogP contribution in [-0.4, -0.2) is 41.0 Å². The molecule has 1 aromatic carbocycles. The quantitative estimate of drug-likeness (QED) is 0.793. The van der Waals surface area contributed by atoms with Crippen molar-refractivity contribution in [2.45, 2.75) is 58.9 Å². The van der Waals surface area contributed by atoms with E-state index in [0.717, 1.165) is 42.3 Å². The Morgan fingerprint density at radius 3 is 2.82 bits per heavy atom. The zero-order valence-corrected chi connectivity index (χ0v) is 17.1. The number of nitrogens with one attached hydrogen (secondary N) is 1. The summed E-state index contributed by atoms with van der Waals surface area (Å²) in [5.74, 6) is -0.362. The summed E-state index contributed by atoms with van der Waals surface area (Å²) in [6, 6.07) is 8.32. The first-order valence-corrected chi connectivity index (χ1v) is 10.2. The minimum Gasteiger partial charge on any atom is -0.456 e. The van der Waals surface area contributed by atoms with E-state index in [0.29, 0.717) is 6.42 Å². The zero-order valence-electron chi connectivity index (χ0n) is 17.1. The first-order valence-electron chi connectivity index (χ1n) is 10.2. The average molecular weight is 383 g/mol. The molecule has 1 aromatic heterocycles. The lowest BCUT2D eigenvalue weighted by Crippen LogP contribution is -2.39. The van der Waals surface area contributed by atoms with E-state index >= 15 is 0 Å². The summed E-state index contributed by atoms with van der Waals surface area (Å²) in [6.07, 6.45) is 6.07. The van der Waals surface area contributed by atoms with Crippen molar-refractivity contribution in [1.82, 2.24) is 9.88 Å². The van der Waals surface area contributed by atoms with Crippen molar-refractivity contribution in [3.05, 3.63) is 36.0 Å². The number of H-pyrrole nitrogens is 1. The highest BCUT2D eigenvalue weighted by atomic mass is 16.5. The number of nitrogens with zero attached hydrogens (tertiary/aromatic N) is 1. The number of aryl methyl sites for hydroxylation is 1. The van der Waals surface area contributed by atoms with E-state index in [4.69, 9.17) is 4.74 Å². The monoisotopic (exact) mass is 382 g/mol. The number of hydrogen-bond acceptors (Lipinski definition) is 3. The highest BCUT2D eigenvalue weighted by molar-refractivity contribution is 5.84. The number of rotatable bonds is 5. The van der Waals surface area contributed by atoms with Gasteiger partial charge >= 0.3 is 5.97 Å². The predicted molar refractivity (Wildman–Crippen MR) is 109 cm³/mol. The molecule has 5 heteroatoms. The number of carbonyl (C=O) groups is 2. The van der Waals surface area contributed by atoms with Crippen LogP contribution in [0.1, 0.15) is 52.0 Å². The number of para-hydroxylation sites is 1. The molecule has 2 heterocycles. The summed E-state index contributed by atoms with van der Waals surface area (Å²) in [4.78, 5) is 30.1. The third-order valence-electron chi connectivity index (χ3n) is 6.37. The van der Waals surface area contributed by atoms with Gasteiger partial charge in [-0.1, -0.05) is 39.0 Å². The van der Waals surface area contributed by atoms with Gasteiger partial charge in [-0.3, -0.25) is 9.59 Å². The second kappa shape index (κ2) is 6.94. The number of ether oxygens (including phenoxy) is 1. The molecule has 1 aliphatic heterocycles. The van der Waals surface area contributed by atoms with Gasteiger partial charge in [0.1, 0.15) is 0 Å². The molecule has 2 atom stereocenters. The van der Waals surface area contributed by atoms with Crippen molar-refractivity contribution in [1.29, 1.82) is 0 Å². The summed E-state index contributed by atoms with van der Waals surface area (Å²) < 4.78 is 5.32.